The fraction of sp³-hybridized carbons (Fsp3) is 0.615. The highest BCUT2D eigenvalue weighted by atomic mass is 15.3. The number of rotatable bonds is 3. The molecule has 4 heteroatoms. The number of hydrogen-bond acceptors (Lipinski definition) is 4. The molecule has 0 amide bonds. The molecule has 2 N–H and O–H groups in total. The van der Waals surface area contributed by atoms with Crippen LogP contribution >= 0.6 is 0 Å². The molecule has 1 fully saturated rings. The molecule has 2 rings (SSSR count). The average Bonchev–Trinajstić information content (AvgIpc) is 2.69. The standard InChI is InChI=1S/C13H22N4/c1-10-7-13(15-8-12(10)14)17-6-4-5-11(17)9-16(2)3/h7-8,11H,4-6,9,14H2,1-3H3. The minimum atomic E-state index is 0.584. The Morgan fingerprint density at radius 3 is 2.94 bits per heavy atom. The number of aryl methyl sites for hydroxylation is 1. The van der Waals surface area contributed by atoms with Gasteiger partial charge in [0.1, 0.15) is 5.82 Å². The third-order valence-corrected chi connectivity index (χ3v) is 3.38. The molecule has 0 saturated carbocycles. The van der Waals surface area contributed by atoms with Gasteiger partial charge in [0, 0.05) is 19.1 Å². The Balaban J connectivity index is 2.17. The average molecular weight is 234 g/mol. The zero-order valence-electron chi connectivity index (χ0n) is 11.0. The zero-order valence-corrected chi connectivity index (χ0v) is 11.0. The van der Waals surface area contributed by atoms with E-state index in [0.29, 0.717) is 6.04 Å². The smallest absolute Gasteiger partial charge is 0.129 e. The molecule has 0 aromatic carbocycles. The molecular weight excluding hydrogens is 212 g/mol. The summed E-state index contributed by atoms with van der Waals surface area (Å²) in [5.74, 6) is 1.07. The van der Waals surface area contributed by atoms with Crippen LogP contribution < -0.4 is 10.6 Å². The summed E-state index contributed by atoms with van der Waals surface area (Å²) in [6.45, 7) is 4.23. The van der Waals surface area contributed by atoms with E-state index < -0.39 is 0 Å². The number of nitrogens with two attached hydrogens (primary N) is 1. The van der Waals surface area contributed by atoms with Gasteiger partial charge in [-0.15, -0.1) is 0 Å². The fourth-order valence-corrected chi connectivity index (χ4v) is 2.46. The predicted octanol–water partition coefficient (Wildman–Crippen LogP) is 1.50. The first kappa shape index (κ1) is 12.2. The van der Waals surface area contributed by atoms with Crippen LogP contribution in [0.4, 0.5) is 11.5 Å². The van der Waals surface area contributed by atoms with Crippen molar-refractivity contribution < 1.29 is 0 Å². The molecule has 2 heterocycles. The molecule has 1 unspecified atom stereocenters. The van der Waals surface area contributed by atoms with Crippen LogP contribution in [0.2, 0.25) is 0 Å². The quantitative estimate of drug-likeness (QED) is 0.861. The molecule has 0 radical (unpaired) electrons. The third-order valence-electron chi connectivity index (χ3n) is 3.38. The van der Waals surface area contributed by atoms with E-state index >= 15 is 0 Å². The minimum Gasteiger partial charge on any atom is -0.397 e. The Labute approximate surface area is 103 Å². The lowest BCUT2D eigenvalue weighted by Gasteiger charge is -2.28. The number of pyridine rings is 1. The van der Waals surface area contributed by atoms with Crippen molar-refractivity contribution in [3.63, 3.8) is 0 Å². The maximum atomic E-state index is 5.81. The highest BCUT2D eigenvalue weighted by molar-refractivity contribution is 5.53. The Bertz CT molecular complexity index is 389. The monoisotopic (exact) mass is 234 g/mol. The molecule has 94 valence electrons. The van der Waals surface area contributed by atoms with Gasteiger partial charge in [-0.1, -0.05) is 0 Å². The lowest BCUT2D eigenvalue weighted by molar-refractivity contribution is 0.371. The van der Waals surface area contributed by atoms with Gasteiger partial charge in [0.15, 0.2) is 0 Å². The third kappa shape index (κ3) is 2.69. The first-order chi connectivity index (χ1) is 8.08. The van der Waals surface area contributed by atoms with Crippen LogP contribution in [0.1, 0.15) is 18.4 Å². The van der Waals surface area contributed by atoms with Crippen molar-refractivity contribution in [2.75, 3.05) is 37.8 Å². The second kappa shape index (κ2) is 4.92. The highest BCUT2D eigenvalue weighted by Gasteiger charge is 2.26. The topological polar surface area (TPSA) is 45.4 Å². The van der Waals surface area contributed by atoms with Crippen LogP contribution in [-0.4, -0.2) is 43.1 Å². The Morgan fingerprint density at radius 2 is 2.29 bits per heavy atom. The van der Waals surface area contributed by atoms with Crippen molar-refractivity contribution in [3.8, 4) is 0 Å². The number of aromatic nitrogens is 1. The number of nitrogen functional groups attached to an aromatic ring is 1. The summed E-state index contributed by atoms with van der Waals surface area (Å²) >= 11 is 0. The normalized spacial score (nSPS) is 20.2. The van der Waals surface area contributed by atoms with Crippen LogP contribution in [0.5, 0.6) is 0 Å². The van der Waals surface area contributed by atoms with Crippen molar-refractivity contribution in [2.45, 2.75) is 25.8 Å². The largest absolute Gasteiger partial charge is 0.397 e. The van der Waals surface area contributed by atoms with Gasteiger partial charge >= 0.3 is 0 Å². The van der Waals surface area contributed by atoms with Crippen LogP contribution in [0, 0.1) is 6.92 Å². The Morgan fingerprint density at radius 1 is 1.53 bits per heavy atom. The van der Waals surface area contributed by atoms with Crippen molar-refractivity contribution in [2.24, 2.45) is 0 Å². The molecule has 0 bridgehead atoms. The molecule has 17 heavy (non-hydrogen) atoms. The SMILES string of the molecule is Cc1cc(N2CCCC2CN(C)C)ncc1N. The number of anilines is 2. The predicted molar refractivity (Wildman–Crippen MR) is 72.3 cm³/mol. The molecule has 1 aromatic heterocycles. The van der Waals surface area contributed by atoms with Gasteiger partial charge in [0.25, 0.3) is 0 Å². The first-order valence-electron chi connectivity index (χ1n) is 6.21. The Kier molecular flexibility index (Phi) is 3.52. The van der Waals surface area contributed by atoms with E-state index in [1.54, 1.807) is 6.20 Å². The lowest BCUT2D eigenvalue weighted by atomic mass is 10.2. The number of nitrogens with zero attached hydrogens (tertiary/aromatic N) is 3. The van der Waals surface area contributed by atoms with Crippen molar-refractivity contribution >= 4 is 11.5 Å². The fourth-order valence-electron chi connectivity index (χ4n) is 2.46. The second-order valence-electron chi connectivity index (χ2n) is 5.15. The van der Waals surface area contributed by atoms with E-state index in [9.17, 15) is 0 Å². The van der Waals surface area contributed by atoms with E-state index in [-0.39, 0.29) is 0 Å². The van der Waals surface area contributed by atoms with Gasteiger partial charge in [-0.2, -0.15) is 0 Å². The van der Waals surface area contributed by atoms with Crippen molar-refractivity contribution in [3.05, 3.63) is 17.8 Å². The van der Waals surface area contributed by atoms with Gasteiger partial charge < -0.3 is 15.5 Å². The van der Waals surface area contributed by atoms with Crippen LogP contribution in [-0.2, 0) is 0 Å². The molecule has 0 spiro atoms. The van der Waals surface area contributed by atoms with Gasteiger partial charge in [-0.3, -0.25) is 0 Å². The van der Waals surface area contributed by atoms with Gasteiger partial charge in [-0.25, -0.2) is 4.98 Å². The molecule has 1 aliphatic heterocycles. The van der Waals surface area contributed by atoms with Gasteiger partial charge in [-0.05, 0) is 45.5 Å². The molecule has 1 atom stereocenters. The summed E-state index contributed by atoms with van der Waals surface area (Å²) in [6.07, 6.45) is 4.28. The summed E-state index contributed by atoms with van der Waals surface area (Å²) in [4.78, 5) is 9.11. The first-order valence-corrected chi connectivity index (χ1v) is 6.21. The van der Waals surface area contributed by atoms with Crippen LogP contribution in [0.25, 0.3) is 0 Å². The number of likely N-dealkylation sites (N-methyl/N-ethyl adjacent to an activating group) is 1. The lowest BCUT2D eigenvalue weighted by Crippen LogP contribution is -2.38. The molecule has 1 aliphatic rings. The molecule has 4 nitrogen and oxygen atoms in total. The van der Waals surface area contributed by atoms with Crippen molar-refractivity contribution in [1.29, 1.82) is 0 Å². The zero-order chi connectivity index (χ0) is 12.4. The minimum absolute atomic E-state index is 0.584. The summed E-state index contributed by atoms with van der Waals surface area (Å²) in [5.41, 5.74) is 7.70. The van der Waals surface area contributed by atoms with Crippen molar-refractivity contribution in [1.82, 2.24) is 9.88 Å². The highest BCUT2D eigenvalue weighted by Crippen LogP contribution is 2.26. The van der Waals surface area contributed by atoms with Gasteiger partial charge in [0.05, 0.1) is 11.9 Å². The molecule has 1 aromatic rings. The molecule has 0 aliphatic carbocycles. The van der Waals surface area contributed by atoms with Crippen LogP contribution in [0.15, 0.2) is 12.3 Å². The van der Waals surface area contributed by atoms with Crippen LogP contribution in [0.3, 0.4) is 0 Å². The van der Waals surface area contributed by atoms with E-state index in [2.05, 4.69) is 34.9 Å². The maximum absolute atomic E-state index is 5.81. The van der Waals surface area contributed by atoms with E-state index in [4.69, 9.17) is 5.73 Å². The van der Waals surface area contributed by atoms with E-state index in [1.165, 1.54) is 12.8 Å². The number of hydrogen-bond donors (Lipinski definition) is 1. The summed E-state index contributed by atoms with van der Waals surface area (Å²) in [7, 11) is 4.25. The summed E-state index contributed by atoms with van der Waals surface area (Å²) in [5, 5.41) is 0. The Hall–Kier alpha value is -1.29. The van der Waals surface area contributed by atoms with E-state index in [0.717, 1.165) is 30.2 Å². The van der Waals surface area contributed by atoms with E-state index in [1.807, 2.05) is 6.92 Å². The maximum Gasteiger partial charge on any atom is 0.129 e. The molecular formula is C13H22N4. The van der Waals surface area contributed by atoms with Gasteiger partial charge in [0.2, 0.25) is 0 Å². The second-order valence-corrected chi connectivity index (χ2v) is 5.15. The summed E-state index contributed by atoms with van der Waals surface area (Å²) in [6, 6.07) is 2.68. The summed E-state index contributed by atoms with van der Waals surface area (Å²) < 4.78 is 0. The molecule has 1 saturated heterocycles.